The summed E-state index contributed by atoms with van der Waals surface area (Å²) in [4.78, 5) is 28.7. The van der Waals surface area contributed by atoms with E-state index < -0.39 is 28.5 Å². The molecule has 0 aliphatic heterocycles. The van der Waals surface area contributed by atoms with E-state index in [0.29, 0.717) is 10.7 Å². The van der Waals surface area contributed by atoms with Crippen molar-refractivity contribution in [1.29, 1.82) is 0 Å². The lowest BCUT2D eigenvalue weighted by Crippen LogP contribution is -2.52. The number of carbonyl (C=O) groups is 2. The fraction of sp³-hybridized carbons (Fsp3) is 0.333. The van der Waals surface area contributed by atoms with Gasteiger partial charge < -0.3 is 10.2 Å². The van der Waals surface area contributed by atoms with Crippen molar-refractivity contribution in [3.05, 3.63) is 95.0 Å². The summed E-state index contributed by atoms with van der Waals surface area (Å²) in [5.41, 5.74) is 2.01. The lowest BCUT2D eigenvalue weighted by atomic mass is 10.1. The molecule has 0 unspecified atom stereocenters. The van der Waals surface area contributed by atoms with Crippen LogP contribution in [0.5, 0.6) is 0 Å². The van der Waals surface area contributed by atoms with Crippen molar-refractivity contribution >= 4 is 39.1 Å². The smallest absolute Gasteiger partial charge is 0.264 e. The molecule has 0 spiro atoms. The largest absolute Gasteiger partial charge is 0.352 e. The van der Waals surface area contributed by atoms with Crippen molar-refractivity contribution in [2.45, 2.75) is 63.1 Å². The van der Waals surface area contributed by atoms with Crippen LogP contribution in [-0.4, -0.2) is 43.8 Å². The first-order valence-corrected chi connectivity index (χ1v) is 15.0. The number of hydrogen-bond acceptors (Lipinski definition) is 4. The topological polar surface area (TPSA) is 86.8 Å². The third-order valence-electron chi connectivity index (χ3n) is 7.03. The normalized spacial score (nSPS) is 14.5. The summed E-state index contributed by atoms with van der Waals surface area (Å²) in [5.74, 6) is -0.739. The third-order valence-corrected chi connectivity index (χ3v) is 9.07. The maximum Gasteiger partial charge on any atom is 0.264 e. The van der Waals surface area contributed by atoms with Gasteiger partial charge in [-0.15, -0.1) is 0 Å². The molecule has 39 heavy (non-hydrogen) atoms. The van der Waals surface area contributed by atoms with Gasteiger partial charge in [-0.1, -0.05) is 66.9 Å². The summed E-state index contributed by atoms with van der Waals surface area (Å²) >= 11 is 6.06. The Morgan fingerprint density at radius 2 is 1.64 bits per heavy atom. The zero-order valence-electron chi connectivity index (χ0n) is 22.2. The quantitative estimate of drug-likeness (QED) is 0.359. The van der Waals surface area contributed by atoms with E-state index in [-0.39, 0.29) is 23.4 Å². The maximum absolute atomic E-state index is 14.0. The minimum absolute atomic E-state index is 0.0792. The molecule has 0 aromatic heterocycles. The van der Waals surface area contributed by atoms with Gasteiger partial charge in [-0.05, 0) is 74.2 Å². The minimum Gasteiger partial charge on any atom is -0.352 e. The van der Waals surface area contributed by atoms with Crippen LogP contribution in [0.25, 0.3) is 0 Å². The molecule has 7 nitrogen and oxygen atoms in total. The third kappa shape index (κ3) is 7.19. The number of sulfonamides is 1. The summed E-state index contributed by atoms with van der Waals surface area (Å²) in [6, 6.07) is 21.4. The monoisotopic (exact) mass is 567 g/mol. The second-order valence-electron chi connectivity index (χ2n) is 9.98. The van der Waals surface area contributed by atoms with Gasteiger partial charge in [-0.2, -0.15) is 0 Å². The highest BCUT2D eigenvalue weighted by Gasteiger charge is 2.33. The molecule has 1 aliphatic carbocycles. The Balaban J connectivity index is 1.67. The molecule has 1 saturated carbocycles. The Bertz CT molecular complexity index is 1390. The van der Waals surface area contributed by atoms with E-state index in [9.17, 15) is 18.0 Å². The van der Waals surface area contributed by atoms with E-state index in [1.54, 1.807) is 67.6 Å². The molecule has 0 heterocycles. The van der Waals surface area contributed by atoms with Crippen LogP contribution < -0.4 is 9.62 Å². The Kier molecular flexibility index (Phi) is 9.30. The molecule has 0 saturated heterocycles. The molecule has 1 fully saturated rings. The molecule has 9 heteroatoms. The first-order chi connectivity index (χ1) is 18.6. The molecule has 3 aromatic carbocycles. The van der Waals surface area contributed by atoms with E-state index >= 15 is 0 Å². The Hall–Kier alpha value is -3.36. The Morgan fingerprint density at radius 1 is 0.974 bits per heavy atom. The van der Waals surface area contributed by atoms with Crippen LogP contribution in [0, 0.1) is 6.92 Å². The van der Waals surface area contributed by atoms with Crippen LogP contribution in [0.4, 0.5) is 5.69 Å². The van der Waals surface area contributed by atoms with Crippen molar-refractivity contribution in [1.82, 2.24) is 10.2 Å². The minimum atomic E-state index is -4.07. The number of hydrogen-bond donors (Lipinski definition) is 1. The van der Waals surface area contributed by atoms with Crippen molar-refractivity contribution < 1.29 is 18.0 Å². The van der Waals surface area contributed by atoms with Crippen LogP contribution in [0.1, 0.15) is 43.7 Å². The van der Waals surface area contributed by atoms with Gasteiger partial charge in [-0.25, -0.2) is 8.42 Å². The average molecular weight is 568 g/mol. The SMILES string of the molecule is Cc1cccc(N(CC(=O)N(Cc2ccc(Cl)cc2)[C@@H](C)C(=O)NC2CCCC2)S(=O)(=O)c2ccccc2)c1. The number of halogens is 1. The number of amides is 2. The van der Waals surface area contributed by atoms with E-state index in [1.807, 2.05) is 13.0 Å². The first-order valence-electron chi connectivity index (χ1n) is 13.1. The standard InChI is InChI=1S/C30H34ClN3O4S/c1-22-9-8-12-27(19-22)34(39(37,38)28-13-4-3-5-14-28)21-29(35)33(20-24-15-17-25(31)18-16-24)23(2)30(36)32-26-10-6-7-11-26/h3-5,8-9,12-19,23,26H,6-7,10-11,20-21H2,1-2H3,(H,32,36)/t23-/m0/s1. The maximum atomic E-state index is 14.0. The van der Waals surface area contributed by atoms with Crippen LogP contribution >= 0.6 is 11.6 Å². The van der Waals surface area contributed by atoms with Crippen LogP contribution in [0.3, 0.4) is 0 Å². The molecular weight excluding hydrogens is 534 g/mol. The van der Waals surface area contributed by atoms with Gasteiger partial charge in [-0.3, -0.25) is 13.9 Å². The lowest BCUT2D eigenvalue weighted by Gasteiger charge is -2.32. The summed E-state index contributed by atoms with van der Waals surface area (Å²) in [6.45, 7) is 3.21. The summed E-state index contributed by atoms with van der Waals surface area (Å²) in [6.07, 6.45) is 3.96. The molecule has 0 radical (unpaired) electrons. The summed E-state index contributed by atoms with van der Waals surface area (Å²) in [5, 5.41) is 3.63. The number of aryl methyl sites for hydroxylation is 1. The van der Waals surface area contributed by atoms with Crippen molar-refractivity contribution in [2.24, 2.45) is 0 Å². The number of nitrogens with one attached hydrogen (secondary N) is 1. The van der Waals surface area contributed by atoms with Gasteiger partial charge in [0.2, 0.25) is 11.8 Å². The highest BCUT2D eigenvalue weighted by Crippen LogP contribution is 2.26. The van der Waals surface area contributed by atoms with E-state index in [1.165, 1.54) is 17.0 Å². The molecule has 3 aromatic rings. The van der Waals surface area contributed by atoms with Gasteiger partial charge in [0.25, 0.3) is 10.0 Å². The molecular formula is C30H34ClN3O4S. The highest BCUT2D eigenvalue weighted by atomic mass is 35.5. The number of benzene rings is 3. The average Bonchev–Trinajstić information content (AvgIpc) is 3.44. The number of nitrogens with zero attached hydrogens (tertiary/aromatic N) is 2. The van der Waals surface area contributed by atoms with Crippen molar-refractivity contribution in [2.75, 3.05) is 10.8 Å². The fourth-order valence-electron chi connectivity index (χ4n) is 4.79. The molecule has 4 rings (SSSR count). The van der Waals surface area contributed by atoms with Gasteiger partial charge in [0.05, 0.1) is 10.6 Å². The zero-order chi connectivity index (χ0) is 28.0. The molecule has 1 aliphatic rings. The van der Waals surface area contributed by atoms with E-state index in [4.69, 9.17) is 11.6 Å². The van der Waals surface area contributed by atoms with Gasteiger partial charge in [0, 0.05) is 17.6 Å². The van der Waals surface area contributed by atoms with E-state index in [0.717, 1.165) is 41.1 Å². The lowest BCUT2D eigenvalue weighted by molar-refractivity contribution is -0.139. The Labute approximate surface area is 235 Å². The molecule has 2 amide bonds. The van der Waals surface area contributed by atoms with Crippen molar-refractivity contribution in [3.8, 4) is 0 Å². The van der Waals surface area contributed by atoms with Crippen molar-refractivity contribution in [3.63, 3.8) is 0 Å². The number of carbonyl (C=O) groups excluding carboxylic acids is 2. The fourth-order valence-corrected chi connectivity index (χ4v) is 6.35. The predicted molar refractivity (Wildman–Crippen MR) is 154 cm³/mol. The van der Waals surface area contributed by atoms with Crippen LogP contribution in [0.15, 0.2) is 83.8 Å². The zero-order valence-corrected chi connectivity index (χ0v) is 23.8. The number of rotatable bonds is 10. The van der Waals surface area contributed by atoms with Crippen LogP contribution in [0.2, 0.25) is 5.02 Å². The molecule has 0 bridgehead atoms. The second-order valence-corrected chi connectivity index (χ2v) is 12.3. The van der Waals surface area contributed by atoms with E-state index in [2.05, 4.69) is 5.32 Å². The molecule has 206 valence electrons. The number of anilines is 1. The highest BCUT2D eigenvalue weighted by molar-refractivity contribution is 7.92. The molecule has 1 atom stereocenters. The molecule has 1 N–H and O–H groups in total. The van der Waals surface area contributed by atoms with Gasteiger partial charge in [0.15, 0.2) is 0 Å². The Morgan fingerprint density at radius 3 is 2.28 bits per heavy atom. The second kappa shape index (κ2) is 12.7. The van der Waals surface area contributed by atoms with Gasteiger partial charge in [0.1, 0.15) is 12.6 Å². The van der Waals surface area contributed by atoms with Crippen LogP contribution in [-0.2, 0) is 26.2 Å². The van der Waals surface area contributed by atoms with Gasteiger partial charge >= 0.3 is 0 Å². The summed E-state index contributed by atoms with van der Waals surface area (Å²) < 4.78 is 28.7. The predicted octanol–water partition coefficient (Wildman–Crippen LogP) is 5.32. The summed E-state index contributed by atoms with van der Waals surface area (Å²) in [7, 11) is -4.07. The first kappa shape index (κ1) is 28.6.